The second-order valence-corrected chi connectivity index (χ2v) is 4.16. The molecule has 0 spiro atoms. The van der Waals surface area contributed by atoms with E-state index in [0.717, 1.165) is 17.0 Å². The quantitative estimate of drug-likeness (QED) is 0.664. The first kappa shape index (κ1) is 13.2. The van der Waals surface area contributed by atoms with Gasteiger partial charge in [-0.15, -0.1) is 0 Å². The van der Waals surface area contributed by atoms with Crippen molar-refractivity contribution in [2.24, 2.45) is 7.05 Å². The Morgan fingerprint density at radius 3 is 2.25 bits per heavy atom. The van der Waals surface area contributed by atoms with E-state index in [0.29, 0.717) is 0 Å². The molecule has 0 saturated carbocycles. The highest BCUT2D eigenvalue weighted by atomic mass is 16.3. The molecule has 5 heteroatoms. The lowest BCUT2D eigenvalue weighted by Crippen LogP contribution is -2.37. The lowest BCUT2D eigenvalue weighted by Gasteiger charge is -2.20. The molecule has 3 N–H and O–H groups in total. The highest BCUT2D eigenvalue weighted by Crippen LogP contribution is 2.20. The summed E-state index contributed by atoms with van der Waals surface area (Å²) < 4.78 is 1.84. The number of aryl methyl sites for hydroxylation is 2. The Kier molecular flexibility index (Phi) is 4.46. The molecule has 0 bridgehead atoms. The maximum Gasteiger partial charge on any atom is 0.0644 e. The SMILES string of the molecule is Cc1nn(C)c(C)c1C(C)NC(CO)CO. The number of nitrogens with one attached hydrogen (secondary N) is 1. The minimum absolute atomic E-state index is 0.0676. The van der Waals surface area contributed by atoms with Crippen molar-refractivity contribution < 1.29 is 10.2 Å². The number of nitrogens with zero attached hydrogens (tertiary/aromatic N) is 2. The molecule has 16 heavy (non-hydrogen) atoms. The topological polar surface area (TPSA) is 70.3 Å². The first-order valence-corrected chi connectivity index (χ1v) is 5.49. The van der Waals surface area contributed by atoms with Gasteiger partial charge in [-0.2, -0.15) is 5.10 Å². The number of aromatic nitrogens is 2. The maximum atomic E-state index is 9.02. The zero-order chi connectivity index (χ0) is 12.3. The molecule has 1 aromatic heterocycles. The molecule has 1 rings (SSSR count). The van der Waals surface area contributed by atoms with Crippen molar-refractivity contribution >= 4 is 0 Å². The second kappa shape index (κ2) is 5.43. The largest absolute Gasteiger partial charge is 0.395 e. The Bertz CT molecular complexity index is 345. The van der Waals surface area contributed by atoms with Crippen LogP contribution in [0, 0.1) is 13.8 Å². The molecule has 1 heterocycles. The summed E-state index contributed by atoms with van der Waals surface area (Å²) in [5.74, 6) is 0. The zero-order valence-corrected chi connectivity index (χ0v) is 10.4. The third-order valence-corrected chi connectivity index (χ3v) is 2.92. The molecular weight excluding hydrogens is 206 g/mol. The van der Waals surface area contributed by atoms with Gasteiger partial charge in [-0.3, -0.25) is 4.68 Å². The normalized spacial score (nSPS) is 13.4. The highest BCUT2D eigenvalue weighted by molar-refractivity contribution is 5.27. The standard InChI is InChI=1S/C11H21N3O2/c1-7(12-10(5-15)6-16)11-8(2)13-14(4)9(11)3/h7,10,12,15-16H,5-6H2,1-4H3. The van der Waals surface area contributed by atoms with Gasteiger partial charge in [0.1, 0.15) is 0 Å². The smallest absolute Gasteiger partial charge is 0.0644 e. The van der Waals surface area contributed by atoms with E-state index in [-0.39, 0.29) is 25.3 Å². The van der Waals surface area contributed by atoms with Crippen LogP contribution in [0.3, 0.4) is 0 Å². The summed E-state index contributed by atoms with van der Waals surface area (Å²) in [6.45, 7) is 5.85. The highest BCUT2D eigenvalue weighted by Gasteiger charge is 2.18. The molecule has 0 amide bonds. The lowest BCUT2D eigenvalue weighted by atomic mass is 10.1. The van der Waals surface area contributed by atoms with Gasteiger partial charge in [0, 0.05) is 24.3 Å². The van der Waals surface area contributed by atoms with E-state index in [9.17, 15) is 0 Å². The molecule has 0 aliphatic carbocycles. The molecule has 5 nitrogen and oxygen atoms in total. The lowest BCUT2D eigenvalue weighted by molar-refractivity contribution is 0.163. The summed E-state index contributed by atoms with van der Waals surface area (Å²) in [5, 5.41) is 25.6. The third kappa shape index (κ3) is 2.61. The maximum absolute atomic E-state index is 9.02. The van der Waals surface area contributed by atoms with E-state index in [2.05, 4.69) is 10.4 Å². The van der Waals surface area contributed by atoms with Gasteiger partial charge >= 0.3 is 0 Å². The van der Waals surface area contributed by atoms with Gasteiger partial charge in [0.15, 0.2) is 0 Å². The predicted molar refractivity (Wildman–Crippen MR) is 62.2 cm³/mol. The van der Waals surface area contributed by atoms with Crippen LogP contribution in [0.1, 0.15) is 29.9 Å². The van der Waals surface area contributed by atoms with Gasteiger partial charge in [-0.25, -0.2) is 0 Å². The Morgan fingerprint density at radius 1 is 1.31 bits per heavy atom. The summed E-state index contributed by atoms with van der Waals surface area (Å²) in [4.78, 5) is 0. The number of aliphatic hydroxyl groups is 2. The van der Waals surface area contributed by atoms with Crippen molar-refractivity contribution in [3.05, 3.63) is 17.0 Å². The van der Waals surface area contributed by atoms with E-state index in [1.807, 2.05) is 32.5 Å². The molecule has 0 aliphatic heterocycles. The number of aliphatic hydroxyl groups excluding tert-OH is 2. The zero-order valence-electron chi connectivity index (χ0n) is 10.4. The molecule has 0 radical (unpaired) electrons. The van der Waals surface area contributed by atoms with Crippen molar-refractivity contribution in [2.75, 3.05) is 13.2 Å². The van der Waals surface area contributed by atoms with Crippen LogP contribution in [-0.4, -0.2) is 39.2 Å². The monoisotopic (exact) mass is 227 g/mol. The average molecular weight is 227 g/mol. The van der Waals surface area contributed by atoms with Crippen LogP contribution in [0.25, 0.3) is 0 Å². The average Bonchev–Trinajstić information content (AvgIpc) is 2.49. The first-order chi connectivity index (χ1) is 7.51. The van der Waals surface area contributed by atoms with Crippen molar-refractivity contribution in [1.29, 1.82) is 0 Å². The first-order valence-electron chi connectivity index (χ1n) is 5.49. The van der Waals surface area contributed by atoms with Crippen LogP contribution in [0.4, 0.5) is 0 Å². The minimum atomic E-state index is -0.283. The Labute approximate surface area is 96.1 Å². The molecular formula is C11H21N3O2. The van der Waals surface area contributed by atoms with Gasteiger partial charge in [-0.05, 0) is 20.8 Å². The molecule has 0 aliphatic rings. The van der Waals surface area contributed by atoms with Crippen LogP contribution in [0.5, 0.6) is 0 Å². The van der Waals surface area contributed by atoms with Crippen LogP contribution in [0.15, 0.2) is 0 Å². The molecule has 1 atom stereocenters. The van der Waals surface area contributed by atoms with Gasteiger partial charge in [-0.1, -0.05) is 0 Å². The third-order valence-electron chi connectivity index (χ3n) is 2.92. The Hall–Kier alpha value is -0.910. The Balaban J connectivity index is 2.83. The van der Waals surface area contributed by atoms with Crippen molar-refractivity contribution in [3.63, 3.8) is 0 Å². The fraction of sp³-hybridized carbons (Fsp3) is 0.727. The number of rotatable bonds is 5. The van der Waals surface area contributed by atoms with Crippen LogP contribution in [-0.2, 0) is 7.05 Å². The summed E-state index contributed by atoms with van der Waals surface area (Å²) in [7, 11) is 1.91. The van der Waals surface area contributed by atoms with E-state index in [1.54, 1.807) is 0 Å². The van der Waals surface area contributed by atoms with Gasteiger partial charge in [0.25, 0.3) is 0 Å². The van der Waals surface area contributed by atoms with Crippen LogP contribution >= 0.6 is 0 Å². The molecule has 1 aromatic rings. The van der Waals surface area contributed by atoms with Crippen LogP contribution in [0.2, 0.25) is 0 Å². The van der Waals surface area contributed by atoms with Crippen molar-refractivity contribution in [3.8, 4) is 0 Å². The molecule has 92 valence electrons. The van der Waals surface area contributed by atoms with E-state index >= 15 is 0 Å². The Morgan fingerprint density at radius 2 is 1.88 bits per heavy atom. The summed E-state index contributed by atoms with van der Waals surface area (Å²) in [6.07, 6.45) is 0. The molecule has 0 aromatic carbocycles. The molecule has 0 fully saturated rings. The van der Waals surface area contributed by atoms with Gasteiger partial charge in [0.2, 0.25) is 0 Å². The van der Waals surface area contributed by atoms with E-state index in [4.69, 9.17) is 10.2 Å². The second-order valence-electron chi connectivity index (χ2n) is 4.16. The summed E-state index contributed by atoms with van der Waals surface area (Å²) in [6, 6.07) is -0.216. The van der Waals surface area contributed by atoms with Crippen molar-refractivity contribution in [1.82, 2.24) is 15.1 Å². The summed E-state index contributed by atoms with van der Waals surface area (Å²) in [5.41, 5.74) is 3.22. The number of hydrogen-bond donors (Lipinski definition) is 3. The number of hydrogen-bond acceptors (Lipinski definition) is 4. The fourth-order valence-corrected chi connectivity index (χ4v) is 2.02. The molecule has 1 unspecified atom stereocenters. The predicted octanol–water partition coefficient (Wildman–Crippen LogP) is 0.0407. The van der Waals surface area contributed by atoms with E-state index in [1.165, 1.54) is 0 Å². The molecule has 0 saturated heterocycles. The van der Waals surface area contributed by atoms with Crippen LogP contribution < -0.4 is 5.32 Å². The fourth-order valence-electron chi connectivity index (χ4n) is 2.02. The summed E-state index contributed by atoms with van der Waals surface area (Å²) >= 11 is 0. The minimum Gasteiger partial charge on any atom is -0.395 e. The van der Waals surface area contributed by atoms with Gasteiger partial charge < -0.3 is 15.5 Å². The van der Waals surface area contributed by atoms with Gasteiger partial charge in [0.05, 0.1) is 24.9 Å². The van der Waals surface area contributed by atoms with E-state index < -0.39 is 0 Å². The van der Waals surface area contributed by atoms with Crippen molar-refractivity contribution in [2.45, 2.75) is 32.9 Å².